The summed E-state index contributed by atoms with van der Waals surface area (Å²) in [6, 6.07) is 12.1. The number of rotatable bonds is 7. The van der Waals surface area contributed by atoms with E-state index in [0.717, 1.165) is 24.0 Å². The summed E-state index contributed by atoms with van der Waals surface area (Å²) in [5.41, 5.74) is 8.98. The minimum absolute atomic E-state index is 0.0675. The molecule has 1 aromatic heterocycles. The molecule has 0 aliphatic carbocycles. The summed E-state index contributed by atoms with van der Waals surface area (Å²) in [6.45, 7) is 1.23. The molecule has 3 N–H and O–H groups in total. The van der Waals surface area contributed by atoms with Gasteiger partial charge in [-0.15, -0.1) is 0 Å². The minimum Gasteiger partial charge on any atom is -0.352 e. The molecule has 0 unspecified atom stereocenters. The summed E-state index contributed by atoms with van der Waals surface area (Å²) in [4.78, 5) is 15.8. The predicted molar refractivity (Wildman–Crippen MR) is 83.6 cm³/mol. The van der Waals surface area contributed by atoms with Crippen LogP contribution in [0.15, 0.2) is 48.8 Å². The maximum atomic E-state index is 11.8. The molecule has 1 amide bonds. The first kappa shape index (κ1) is 15.2. The molecule has 2 rings (SSSR count). The van der Waals surface area contributed by atoms with E-state index in [2.05, 4.69) is 22.4 Å². The number of aryl methyl sites for hydroxylation is 1. The van der Waals surface area contributed by atoms with Gasteiger partial charge >= 0.3 is 0 Å². The van der Waals surface area contributed by atoms with Crippen LogP contribution in [-0.2, 0) is 24.2 Å². The predicted octanol–water partition coefficient (Wildman–Crippen LogP) is 1.83. The second kappa shape index (κ2) is 8.17. The fraction of sp³-hybridized carbons (Fsp3) is 0.294. The average Bonchev–Trinajstić information content (AvgIpc) is 2.53. The number of nitrogens with two attached hydrogens (primary N) is 1. The zero-order valence-corrected chi connectivity index (χ0v) is 12.1. The standard InChI is InChI=1S/C17H21N3O/c18-10-7-14-1-3-16(4-2-14)13-20-17(21)6-5-15-8-11-19-12-9-15/h1-4,8-9,11-12H,5-7,10,13,18H2,(H,20,21). The van der Waals surface area contributed by atoms with Gasteiger partial charge in [0.2, 0.25) is 5.91 Å². The van der Waals surface area contributed by atoms with E-state index < -0.39 is 0 Å². The summed E-state index contributed by atoms with van der Waals surface area (Å²) in [7, 11) is 0. The fourth-order valence-electron chi connectivity index (χ4n) is 2.09. The third-order valence-corrected chi connectivity index (χ3v) is 3.34. The highest BCUT2D eigenvalue weighted by Gasteiger charge is 2.02. The molecule has 0 aliphatic rings. The van der Waals surface area contributed by atoms with Crippen LogP contribution in [0.4, 0.5) is 0 Å². The first-order chi connectivity index (χ1) is 10.3. The molecule has 4 nitrogen and oxygen atoms in total. The second-order valence-electron chi connectivity index (χ2n) is 4.99. The maximum Gasteiger partial charge on any atom is 0.220 e. The molecule has 0 fully saturated rings. The molecule has 1 aromatic carbocycles. The van der Waals surface area contributed by atoms with Gasteiger partial charge in [-0.05, 0) is 48.2 Å². The van der Waals surface area contributed by atoms with E-state index in [1.807, 2.05) is 24.3 Å². The summed E-state index contributed by atoms with van der Waals surface area (Å²) >= 11 is 0. The van der Waals surface area contributed by atoms with Gasteiger partial charge in [-0.25, -0.2) is 0 Å². The molecule has 0 saturated heterocycles. The van der Waals surface area contributed by atoms with Gasteiger partial charge in [-0.3, -0.25) is 9.78 Å². The van der Waals surface area contributed by atoms with Crippen molar-refractivity contribution in [3.05, 3.63) is 65.5 Å². The lowest BCUT2D eigenvalue weighted by atomic mass is 10.1. The lowest BCUT2D eigenvalue weighted by Gasteiger charge is -2.06. The van der Waals surface area contributed by atoms with E-state index in [1.54, 1.807) is 12.4 Å². The van der Waals surface area contributed by atoms with Crippen molar-refractivity contribution in [1.82, 2.24) is 10.3 Å². The molecular formula is C17H21N3O. The van der Waals surface area contributed by atoms with Gasteiger partial charge in [-0.2, -0.15) is 0 Å². The molecule has 0 bridgehead atoms. The summed E-state index contributed by atoms with van der Waals surface area (Å²) < 4.78 is 0. The van der Waals surface area contributed by atoms with Crippen LogP contribution in [0.2, 0.25) is 0 Å². The molecule has 4 heteroatoms. The van der Waals surface area contributed by atoms with E-state index in [0.29, 0.717) is 19.5 Å². The summed E-state index contributed by atoms with van der Waals surface area (Å²) in [5, 5.41) is 2.94. The maximum absolute atomic E-state index is 11.8. The Morgan fingerprint density at radius 3 is 2.24 bits per heavy atom. The number of carbonyl (C=O) groups excluding carboxylic acids is 1. The van der Waals surface area contributed by atoms with Crippen LogP contribution in [0.25, 0.3) is 0 Å². The highest BCUT2D eigenvalue weighted by molar-refractivity contribution is 5.76. The van der Waals surface area contributed by atoms with Gasteiger partial charge in [0.15, 0.2) is 0 Å². The van der Waals surface area contributed by atoms with E-state index in [4.69, 9.17) is 5.73 Å². The highest BCUT2D eigenvalue weighted by atomic mass is 16.1. The number of carbonyl (C=O) groups is 1. The first-order valence-electron chi connectivity index (χ1n) is 7.21. The Balaban J connectivity index is 1.73. The SMILES string of the molecule is NCCc1ccc(CNC(=O)CCc2ccncc2)cc1. The van der Waals surface area contributed by atoms with Gasteiger partial charge in [0, 0.05) is 25.4 Å². The Labute approximate surface area is 125 Å². The number of amides is 1. The summed E-state index contributed by atoms with van der Waals surface area (Å²) in [5.74, 6) is 0.0675. The number of nitrogens with zero attached hydrogens (tertiary/aromatic N) is 1. The third-order valence-electron chi connectivity index (χ3n) is 3.34. The van der Waals surface area contributed by atoms with Gasteiger partial charge in [0.1, 0.15) is 0 Å². The van der Waals surface area contributed by atoms with Crippen LogP contribution in [0.3, 0.4) is 0 Å². The minimum atomic E-state index is 0.0675. The van der Waals surface area contributed by atoms with Crippen LogP contribution in [0.1, 0.15) is 23.1 Å². The van der Waals surface area contributed by atoms with Gasteiger partial charge < -0.3 is 11.1 Å². The van der Waals surface area contributed by atoms with Gasteiger partial charge in [-0.1, -0.05) is 24.3 Å². The van der Waals surface area contributed by atoms with Crippen molar-refractivity contribution in [2.24, 2.45) is 5.73 Å². The third kappa shape index (κ3) is 5.36. The Bertz CT molecular complexity index is 552. The number of pyridine rings is 1. The zero-order chi connectivity index (χ0) is 14.9. The van der Waals surface area contributed by atoms with Crippen LogP contribution in [-0.4, -0.2) is 17.4 Å². The number of nitrogens with one attached hydrogen (secondary N) is 1. The van der Waals surface area contributed by atoms with Gasteiger partial charge in [0.05, 0.1) is 0 Å². The molecule has 110 valence electrons. The van der Waals surface area contributed by atoms with Crippen molar-refractivity contribution in [2.75, 3.05) is 6.54 Å². The number of benzene rings is 1. The topological polar surface area (TPSA) is 68.0 Å². The lowest BCUT2D eigenvalue weighted by Crippen LogP contribution is -2.23. The summed E-state index contributed by atoms with van der Waals surface area (Å²) in [6.07, 6.45) is 5.61. The zero-order valence-electron chi connectivity index (χ0n) is 12.1. The van der Waals surface area contributed by atoms with Crippen LogP contribution in [0.5, 0.6) is 0 Å². The van der Waals surface area contributed by atoms with E-state index in [1.165, 1.54) is 5.56 Å². The number of hydrogen-bond donors (Lipinski definition) is 2. The Morgan fingerprint density at radius 2 is 1.57 bits per heavy atom. The highest BCUT2D eigenvalue weighted by Crippen LogP contribution is 2.05. The molecular weight excluding hydrogens is 262 g/mol. The molecule has 2 aromatic rings. The molecule has 0 spiro atoms. The molecule has 0 aliphatic heterocycles. The van der Waals surface area contributed by atoms with E-state index >= 15 is 0 Å². The molecule has 0 radical (unpaired) electrons. The van der Waals surface area contributed by atoms with Gasteiger partial charge in [0.25, 0.3) is 0 Å². The molecule has 0 saturated carbocycles. The smallest absolute Gasteiger partial charge is 0.220 e. The molecule has 21 heavy (non-hydrogen) atoms. The van der Waals surface area contributed by atoms with Crippen molar-refractivity contribution in [3.63, 3.8) is 0 Å². The quantitative estimate of drug-likeness (QED) is 0.814. The normalized spacial score (nSPS) is 10.3. The fourth-order valence-corrected chi connectivity index (χ4v) is 2.09. The van der Waals surface area contributed by atoms with Crippen molar-refractivity contribution < 1.29 is 4.79 Å². The Hall–Kier alpha value is -2.20. The first-order valence-corrected chi connectivity index (χ1v) is 7.21. The van der Waals surface area contributed by atoms with Crippen molar-refractivity contribution in [1.29, 1.82) is 0 Å². The van der Waals surface area contributed by atoms with Crippen LogP contribution in [0, 0.1) is 0 Å². The van der Waals surface area contributed by atoms with E-state index in [-0.39, 0.29) is 5.91 Å². The largest absolute Gasteiger partial charge is 0.352 e. The second-order valence-corrected chi connectivity index (χ2v) is 4.99. The average molecular weight is 283 g/mol. The van der Waals surface area contributed by atoms with Crippen molar-refractivity contribution in [2.45, 2.75) is 25.8 Å². The van der Waals surface area contributed by atoms with Crippen LogP contribution < -0.4 is 11.1 Å². The monoisotopic (exact) mass is 283 g/mol. The molecule has 0 atom stereocenters. The molecule has 1 heterocycles. The lowest BCUT2D eigenvalue weighted by molar-refractivity contribution is -0.121. The van der Waals surface area contributed by atoms with E-state index in [9.17, 15) is 4.79 Å². The van der Waals surface area contributed by atoms with Crippen molar-refractivity contribution >= 4 is 5.91 Å². The Morgan fingerprint density at radius 1 is 0.952 bits per heavy atom. The van der Waals surface area contributed by atoms with Crippen LogP contribution >= 0.6 is 0 Å². The Kier molecular flexibility index (Phi) is 5.91. The number of aromatic nitrogens is 1. The number of hydrogen-bond acceptors (Lipinski definition) is 3. The van der Waals surface area contributed by atoms with Crippen molar-refractivity contribution in [3.8, 4) is 0 Å².